The highest BCUT2D eigenvalue weighted by Crippen LogP contribution is 2.23. The minimum Gasteiger partial charge on any atom is -0.457 e. The Balaban J connectivity index is 1.50. The molecule has 0 spiro atoms. The maximum Gasteiger partial charge on any atom is 0.229 e. The summed E-state index contributed by atoms with van der Waals surface area (Å²) in [4.78, 5) is 36.2. The van der Waals surface area contributed by atoms with Gasteiger partial charge in [0.05, 0.1) is 0 Å². The van der Waals surface area contributed by atoms with Gasteiger partial charge in [-0.2, -0.15) is 0 Å². The van der Waals surface area contributed by atoms with Gasteiger partial charge in [-0.15, -0.1) is 0 Å². The van der Waals surface area contributed by atoms with Crippen LogP contribution in [0.2, 0.25) is 0 Å². The molecule has 1 aliphatic heterocycles. The zero-order valence-corrected chi connectivity index (χ0v) is 14.5. The average molecular weight is 352 g/mol. The Morgan fingerprint density at radius 1 is 0.962 bits per heavy atom. The van der Waals surface area contributed by atoms with Crippen LogP contribution in [-0.4, -0.2) is 29.2 Å². The fourth-order valence-corrected chi connectivity index (χ4v) is 2.66. The van der Waals surface area contributed by atoms with Crippen LogP contribution >= 0.6 is 0 Å². The van der Waals surface area contributed by atoms with Gasteiger partial charge in [0.15, 0.2) is 0 Å². The number of hydrogen-bond acceptors (Lipinski definition) is 4. The minimum absolute atomic E-state index is 0.0824. The first-order valence-corrected chi connectivity index (χ1v) is 8.49. The molecule has 6 heteroatoms. The van der Waals surface area contributed by atoms with Gasteiger partial charge < -0.3 is 10.1 Å². The molecule has 0 aliphatic carbocycles. The smallest absolute Gasteiger partial charge is 0.229 e. The van der Waals surface area contributed by atoms with E-state index in [1.54, 1.807) is 24.3 Å². The van der Waals surface area contributed by atoms with Crippen molar-refractivity contribution in [3.8, 4) is 11.5 Å². The van der Waals surface area contributed by atoms with Crippen LogP contribution in [0.5, 0.6) is 11.5 Å². The molecule has 0 bridgehead atoms. The summed E-state index contributed by atoms with van der Waals surface area (Å²) in [6.45, 7) is 2.13. The zero-order chi connectivity index (χ0) is 18.5. The maximum absolute atomic E-state index is 12.0. The van der Waals surface area contributed by atoms with E-state index >= 15 is 0 Å². The summed E-state index contributed by atoms with van der Waals surface area (Å²) in [5.41, 5.74) is 1.79. The highest BCUT2D eigenvalue weighted by molar-refractivity contribution is 6.02. The first kappa shape index (κ1) is 17.7. The third kappa shape index (κ3) is 4.47. The van der Waals surface area contributed by atoms with Crippen molar-refractivity contribution in [2.24, 2.45) is 0 Å². The van der Waals surface area contributed by atoms with Crippen LogP contribution in [0.3, 0.4) is 0 Å². The van der Waals surface area contributed by atoms with E-state index in [2.05, 4.69) is 5.32 Å². The number of rotatable bonds is 6. The molecule has 0 radical (unpaired) electrons. The summed E-state index contributed by atoms with van der Waals surface area (Å²) in [7, 11) is 0. The number of hydrogen-bond donors (Lipinski definition) is 1. The van der Waals surface area contributed by atoms with Crippen LogP contribution in [0.1, 0.15) is 24.8 Å². The second-order valence-electron chi connectivity index (χ2n) is 6.18. The van der Waals surface area contributed by atoms with E-state index < -0.39 is 0 Å². The zero-order valence-electron chi connectivity index (χ0n) is 14.5. The summed E-state index contributed by atoms with van der Waals surface area (Å²) in [6.07, 6.45) is 0.560. The summed E-state index contributed by atoms with van der Waals surface area (Å²) in [5, 5.41) is 2.75. The lowest BCUT2D eigenvalue weighted by Crippen LogP contribution is -2.32. The number of ether oxygens (including phenoxy) is 1. The molecule has 0 saturated carbocycles. The second kappa shape index (κ2) is 7.82. The molecule has 1 fully saturated rings. The molecule has 3 rings (SSSR count). The molecule has 1 aliphatic rings. The SMILES string of the molecule is Cc1ccc(Oc2ccc(NC(=O)CCN3C(=O)CCC3=O)cc2)cc1. The van der Waals surface area contributed by atoms with Crippen LogP contribution in [0.15, 0.2) is 48.5 Å². The highest BCUT2D eigenvalue weighted by atomic mass is 16.5. The van der Waals surface area contributed by atoms with Gasteiger partial charge in [0, 0.05) is 31.5 Å². The Morgan fingerprint density at radius 2 is 1.50 bits per heavy atom. The molecule has 134 valence electrons. The Bertz CT molecular complexity index is 797. The lowest BCUT2D eigenvalue weighted by Gasteiger charge is -2.13. The van der Waals surface area contributed by atoms with Crippen molar-refractivity contribution < 1.29 is 19.1 Å². The van der Waals surface area contributed by atoms with Crippen LogP contribution in [-0.2, 0) is 14.4 Å². The van der Waals surface area contributed by atoms with Gasteiger partial charge in [-0.1, -0.05) is 17.7 Å². The van der Waals surface area contributed by atoms with Gasteiger partial charge in [0.1, 0.15) is 11.5 Å². The van der Waals surface area contributed by atoms with E-state index in [0.29, 0.717) is 11.4 Å². The van der Waals surface area contributed by atoms with E-state index in [0.717, 1.165) is 16.2 Å². The highest BCUT2D eigenvalue weighted by Gasteiger charge is 2.28. The number of nitrogens with one attached hydrogen (secondary N) is 1. The monoisotopic (exact) mass is 352 g/mol. The molecule has 0 unspecified atom stereocenters. The molecule has 2 aromatic carbocycles. The topological polar surface area (TPSA) is 75.7 Å². The number of imide groups is 1. The summed E-state index contributed by atoms with van der Waals surface area (Å²) >= 11 is 0. The summed E-state index contributed by atoms with van der Waals surface area (Å²) in [6, 6.07) is 14.8. The predicted octanol–water partition coefficient (Wildman–Crippen LogP) is 3.26. The fourth-order valence-electron chi connectivity index (χ4n) is 2.66. The molecule has 1 saturated heterocycles. The number of likely N-dealkylation sites (tertiary alicyclic amines) is 1. The Kier molecular flexibility index (Phi) is 5.31. The van der Waals surface area contributed by atoms with E-state index in [1.165, 1.54) is 0 Å². The van der Waals surface area contributed by atoms with Gasteiger partial charge >= 0.3 is 0 Å². The van der Waals surface area contributed by atoms with Crippen molar-refractivity contribution >= 4 is 23.4 Å². The average Bonchev–Trinajstić information content (AvgIpc) is 2.95. The van der Waals surface area contributed by atoms with Gasteiger partial charge in [0.25, 0.3) is 0 Å². The lowest BCUT2D eigenvalue weighted by molar-refractivity contribution is -0.138. The predicted molar refractivity (Wildman–Crippen MR) is 96.9 cm³/mol. The van der Waals surface area contributed by atoms with Gasteiger partial charge in [-0.25, -0.2) is 0 Å². The first-order valence-electron chi connectivity index (χ1n) is 8.49. The van der Waals surface area contributed by atoms with E-state index in [4.69, 9.17) is 4.74 Å². The number of aryl methyl sites for hydroxylation is 1. The molecule has 1 N–H and O–H groups in total. The van der Waals surface area contributed by atoms with Crippen LogP contribution in [0, 0.1) is 6.92 Å². The van der Waals surface area contributed by atoms with Crippen molar-refractivity contribution in [1.82, 2.24) is 4.90 Å². The molecular formula is C20H20N2O4. The second-order valence-corrected chi connectivity index (χ2v) is 6.18. The standard InChI is InChI=1S/C20H20N2O4/c1-14-2-6-16(7-3-14)26-17-8-4-15(5-9-17)21-18(23)12-13-22-19(24)10-11-20(22)25/h2-9H,10-13H2,1H3,(H,21,23). The number of anilines is 1. The van der Waals surface area contributed by atoms with E-state index in [1.807, 2.05) is 31.2 Å². The third-order valence-electron chi connectivity index (χ3n) is 4.11. The molecular weight excluding hydrogens is 332 g/mol. The van der Waals surface area contributed by atoms with Crippen molar-refractivity contribution in [3.63, 3.8) is 0 Å². The maximum atomic E-state index is 12.0. The first-order chi connectivity index (χ1) is 12.5. The molecule has 0 atom stereocenters. The Labute approximate surface area is 151 Å². The Morgan fingerprint density at radius 3 is 2.08 bits per heavy atom. The quantitative estimate of drug-likeness (QED) is 0.810. The molecule has 3 amide bonds. The van der Waals surface area contributed by atoms with Crippen molar-refractivity contribution in [1.29, 1.82) is 0 Å². The minimum atomic E-state index is -0.246. The number of nitrogens with zero attached hydrogens (tertiary/aromatic N) is 1. The summed E-state index contributed by atoms with van der Waals surface area (Å²) in [5.74, 6) is 0.748. The number of carbonyl (C=O) groups is 3. The Hall–Kier alpha value is -3.15. The van der Waals surface area contributed by atoms with Gasteiger partial charge in [0.2, 0.25) is 17.7 Å². The molecule has 6 nitrogen and oxygen atoms in total. The summed E-state index contributed by atoms with van der Waals surface area (Å²) < 4.78 is 5.74. The normalized spacial score (nSPS) is 13.8. The molecule has 2 aromatic rings. The van der Waals surface area contributed by atoms with Crippen molar-refractivity contribution in [3.05, 3.63) is 54.1 Å². The lowest BCUT2D eigenvalue weighted by atomic mass is 10.2. The number of carbonyl (C=O) groups excluding carboxylic acids is 3. The van der Waals surface area contributed by atoms with Gasteiger partial charge in [-0.05, 0) is 43.3 Å². The number of benzene rings is 2. The molecule has 0 aromatic heterocycles. The van der Waals surface area contributed by atoms with Crippen molar-refractivity contribution in [2.45, 2.75) is 26.2 Å². The molecule has 1 heterocycles. The van der Waals surface area contributed by atoms with E-state index in [9.17, 15) is 14.4 Å². The fraction of sp³-hybridized carbons (Fsp3) is 0.250. The van der Waals surface area contributed by atoms with Crippen molar-refractivity contribution in [2.75, 3.05) is 11.9 Å². The largest absolute Gasteiger partial charge is 0.457 e. The van der Waals surface area contributed by atoms with Crippen LogP contribution in [0.25, 0.3) is 0 Å². The van der Waals surface area contributed by atoms with E-state index in [-0.39, 0.29) is 43.5 Å². The third-order valence-corrected chi connectivity index (χ3v) is 4.11. The van der Waals surface area contributed by atoms with Crippen LogP contribution < -0.4 is 10.1 Å². The van der Waals surface area contributed by atoms with Gasteiger partial charge in [-0.3, -0.25) is 19.3 Å². The number of amides is 3. The molecule has 26 heavy (non-hydrogen) atoms. The van der Waals surface area contributed by atoms with Crippen LogP contribution in [0.4, 0.5) is 5.69 Å².